The van der Waals surface area contributed by atoms with Crippen molar-refractivity contribution in [1.82, 2.24) is 5.32 Å². The van der Waals surface area contributed by atoms with Gasteiger partial charge >= 0.3 is 5.69 Å². The molecular weight excluding hydrogens is 273 g/mol. The molecule has 1 aliphatic heterocycles. The Labute approximate surface area is 124 Å². The summed E-state index contributed by atoms with van der Waals surface area (Å²) in [4.78, 5) is 12.5. The summed E-state index contributed by atoms with van der Waals surface area (Å²) in [5, 5.41) is 14.5. The Bertz CT molecular complexity index is 490. The van der Waals surface area contributed by atoms with Crippen molar-refractivity contribution in [2.45, 2.75) is 26.2 Å². The van der Waals surface area contributed by atoms with E-state index in [9.17, 15) is 14.5 Å². The Hall–Kier alpha value is -1.69. The number of hydrogen-bond acceptors (Lipinski definition) is 4. The zero-order valence-electron chi connectivity index (χ0n) is 12.3. The summed E-state index contributed by atoms with van der Waals surface area (Å²) in [7, 11) is 0. The van der Waals surface area contributed by atoms with Crippen molar-refractivity contribution in [3.05, 3.63) is 34.1 Å². The van der Waals surface area contributed by atoms with Crippen LogP contribution in [-0.2, 0) is 0 Å². The molecule has 1 fully saturated rings. The molecule has 1 saturated heterocycles. The quantitative estimate of drug-likeness (QED) is 0.647. The summed E-state index contributed by atoms with van der Waals surface area (Å²) in [5.41, 5.74) is 0.000247. The third kappa shape index (κ3) is 3.91. The van der Waals surface area contributed by atoms with Gasteiger partial charge in [0.05, 0.1) is 4.92 Å². The van der Waals surface area contributed by atoms with Crippen molar-refractivity contribution >= 4 is 11.4 Å². The first-order chi connectivity index (χ1) is 10.1. The third-order valence-electron chi connectivity index (χ3n) is 3.92. The highest BCUT2D eigenvalue weighted by Crippen LogP contribution is 2.32. The van der Waals surface area contributed by atoms with Gasteiger partial charge in [-0.3, -0.25) is 10.1 Å². The maximum Gasteiger partial charge on any atom is 0.327 e. The SMILES string of the molecule is CCCN(CC1CCNCC1)c1cccc(F)c1[N+](=O)[O-]. The zero-order valence-corrected chi connectivity index (χ0v) is 12.3. The molecule has 0 aromatic heterocycles. The molecule has 0 spiro atoms. The van der Waals surface area contributed by atoms with Crippen LogP contribution >= 0.6 is 0 Å². The van der Waals surface area contributed by atoms with Gasteiger partial charge in [0, 0.05) is 13.1 Å². The number of para-hydroxylation sites is 1. The molecule has 1 N–H and O–H groups in total. The predicted octanol–water partition coefficient (Wildman–Crippen LogP) is 2.95. The molecule has 0 bridgehead atoms. The molecule has 0 radical (unpaired) electrons. The van der Waals surface area contributed by atoms with Crippen LogP contribution < -0.4 is 10.2 Å². The Morgan fingerprint density at radius 3 is 2.76 bits per heavy atom. The van der Waals surface area contributed by atoms with Crippen LogP contribution in [0.15, 0.2) is 18.2 Å². The molecule has 0 amide bonds. The van der Waals surface area contributed by atoms with Gasteiger partial charge < -0.3 is 10.2 Å². The molecule has 1 aromatic rings. The number of nitro benzene ring substituents is 1. The second-order valence-corrected chi connectivity index (χ2v) is 5.50. The van der Waals surface area contributed by atoms with E-state index in [1.807, 2.05) is 11.8 Å². The molecule has 1 aromatic carbocycles. The van der Waals surface area contributed by atoms with E-state index in [0.717, 1.165) is 45.0 Å². The summed E-state index contributed by atoms with van der Waals surface area (Å²) in [6.07, 6.45) is 2.99. The lowest BCUT2D eigenvalue weighted by Crippen LogP contribution is -2.37. The summed E-state index contributed by atoms with van der Waals surface area (Å²) in [5.74, 6) is -0.260. The molecule has 2 rings (SSSR count). The van der Waals surface area contributed by atoms with Gasteiger partial charge in [-0.1, -0.05) is 13.0 Å². The van der Waals surface area contributed by atoms with E-state index in [-0.39, 0.29) is 0 Å². The van der Waals surface area contributed by atoms with Gasteiger partial charge in [-0.05, 0) is 50.4 Å². The molecule has 0 atom stereocenters. The van der Waals surface area contributed by atoms with Gasteiger partial charge in [-0.2, -0.15) is 4.39 Å². The first-order valence-electron chi connectivity index (χ1n) is 7.52. The second kappa shape index (κ2) is 7.36. The lowest BCUT2D eigenvalue weighted by Gasteiger charge is -2.31. The topological polar surface area (TPSA) is 58.4 Å². The molecule has 0 aliphatic carbocycles. The maximum absolute atomic E-state index is 13.8. The molecule has 0 saturated carbocycles. The number of piperidine rings is 1. The minimum absolute atomic E-state index is 0.403. The normalized spacial score (nSPS) is 15.9. The first-order valence-corrected chi connectivity index (χ1v) is 7.52. The lowest BCUT2D eigenvalue weighted by molar-refractivity contribution is -0.386. The highest BCUT2D eigenvalue weighted by molar-refractivity contribution is 5.63. The summed E-state index contributed by atoms with van der Waals surface area (Å²) < 4.78 is 13.8. The average molecular weight is 295 g/mol. The predicted molar refractivity (Wildman–Crippen MR) is 81.2 cm³/mol. The summed E-state index contributed by atoms with van der Waals surface area (Å²) >= 11 is 0. The number of nitrogens with one attached hydrogen (secondary N) is 1. The smallest absolute Gasteiger partial charge is 0.327 e. The fraction of sp³-hybridized carbons (Fsp3) is 0.600. The highest BCUT2D eigenvalue weighted by atomic mass is 19.1. The molecule has 1 aliphatic rings. The molecule has 6 heteroatoms. The fourth-order valence-corrected chi connectivity index (χ4v) is 2.90. The molecule has 1 heterocycles. The number of nitro groups is 1. The third-order valence-corrected chi connectivity index (χ3v) is 3.92. The van der Waals surface area contributed by atoms with Gasteiger partial charge in [0.1, 0.15) is 5.69 Å². The molecular formula is C15H22FN3O2. The number of nitrogens with zero attached hydrogens (tertiary/aromatic N) is 2. The minimum Gasteiger partial charge on any atom is -0.366 e. The lowest BCUT2D eigenvalue weighted by atomic mass is 9.97. The monoisotopic (exact) mass is 295 g/mol. The Morgan fingerprint density at radius 1 is 1.43 bits per heavy atom. The number of hydrogen-bond donors (Lipinski definition) is 1. The van der Waals surface area contributed by atoms with Crippen LogP contribution in [0.2, 0.25) is 0 Å². The van der Waals surface area contributed by atoms with Crippen molar-refractivity contribution in [2.24, 2.45) is 5.92 Å². The van der Waals surface area contributed by atoms with E-state index in [2.05, 4.69) is 5.32 Å². The van der Waals surface area contributed by atoms with Crippen molar-refractivity contribution in [2.75, 3.05) is 31.1 Å². The van der Waals surface area contributed by atoms with Crippen LogP contribution in [0.4, 0.5) is 15.8 Å². The second-order valence-electron chi connectivity index (χ2n) is 5.50. The largest absolute Gasteiger partial charge is 0.366 e. The fourth-order valence-electron chi connectivity index (χ4n) is 2.90. The van der Waals surface area contributed by atoms with E-state index in [1.54, 1.807) is 12.1 Å². The van der Waals surface area contributed by atoms with E-state index in [0.29, 0.717) is 18.2 Å². The number of benzene rings is 1. The van der Waals surface area contributed by atoms with Crippen LogP contribution in [0.3, 0.4) is 0 Å². The molecule has 5 nitrogen and oxygen atoms in total. The highest BCUT2D eigenvalue weighted by Gasteiger charge is 2.26. The van der Waals surface area contributed by atoms with Gasteiger partial charge in [0.15, 0.2) is 0 Å². The van der Waals surface area contributed by atoms with Gasteiger partial charge in [0.25, 0.3) is 0 Å². The summed E-state index contributed by atoms with van der Waals surface area (Å²) in [6, 6.07) is 4.34. The van der Waals surface area contributed by atoms with Crippen molar-refractivity contribution in [1.29, 1.82) is 0 Å². The molecule has 21 heavy (non-hydrogen) atoms. The standard InChI is InChI=1S/C15H22FN3O2/c1-2-10-18(11-12-6-8-17-9-7-12)14-5-3-4-13(16)15(14)19(20)21/h3-5,12,17H,2,6-11H2,1H3. The van der Waals surface area contributed by atoms with Crippen molar-refractivity contribution in [3.8, 4) is 0 Å². The molecule has 116 valence electrons. The van der Waals surface area contributed by atoms with E-state index in [4.69, 9.17) is 0 Å². The Balaban J connectivity index is 2.24. The average Bonchev–Trinajstić information content (AvgIpc) is 2.47. The van der Waals surface area contributed by atoms with E-state index >= 15 is 0 Å². The Morgan fingerprint density at radius 2 is 2.14 bits per heavy atom. The Kier molecular flexibility index (Phi) is 5.50. The van der Waals surface area contributed by atoms with E-state index < -0.39 is 16.4 Å². The maximum atomic E-state index is 13.8. The van der Waals surface area contributed by atoms with E-state index in [1.165, 1.54) is 0 Å². The van der Waals surface area contributed by atoms with Crippen LogP contribution in [0.5, 0.6) is 0 Å². The van der Waals surface area contributed by atoms with Gasteiger partial charge in [-0.15, -0.1) is 0 Å². The van der Waals surface area contributed by atoms with Crippen molar-refractivity contribution in [3.63, 3.8) is 0 Å². The minimum atomic E-state index is -0.760. The van der Waals surface area contributed by atoms with Crippen LogP contribution in [-0.4, -0.2) is 31.1 Å². The van der Waals surface area contributed by atoms with Crippen LogP contribution in [0.1, 0.15) is 26.2 Å². The zero-order chi connectivity index (χ0) is 15.2. The van der Waals surface area contributed by atoms with Crippen LogP contribution in [0.25, 0.3) is 0 Å². The number of rotatable bonds is 6. The van der Waals surface area contributed by atoms with Crippen molar-refractivity contribution < 1.29 is 9.31 Å². The van der Waals surface area contributed by atoms with Gasteiger partial charge in [0.2, 0.25) is 5.82 Å². The summed E-state index contributed by atoms with van der Waals surface area (Å²) in [6.45, 7) is 5.44. The molecule has 0 unspecified atom stereocenters. The number of halogens is 1. The first kappa shape index (κ1) is 15.7. The van der Waals surface area contributed by atoms with Crippen LogP contribution in [0, 0.1) is 21.8 Å². The van der Waals surface area contributed by atoms with Gasteiger partial charge in [-0.25, -0.2) is 0 Å². The number of anilines is 1.